The molecule has 0 atom stereocenters. The van der Waals surface area contributed by atoms with E-state index in [1.807, 2.05) is 0 Å². The highest BCUT2D eigenvalue weighted by molar-refractivity contribution is 6.68. The first-order valence-electron chi connectivity index (χ1n) is 3.84. The van der Waals surface area contributed by atoms with Crippen molar-refractivity contribution in [2.24, 2.45) is 0 Å². The van der Waals surface area contributed by atoms with Crippen LogP contribution in [0.5, 0.6) is 0 Å². The van der Waals surface area contributed by atoms with Crippen LogP contribution in [0.2, 0.25) is 0 Å². The monoisotopic (exact) mass is 270 g/mol. The lowest BCUT2D eigenvalue weighted by Crippen LogP contribution is -2.12. The van der Waals surface area contributed by atoms with E-state index in [0.717, 1.165) is 12.1 Å². The molecule has 0 bridgehead atoms. The van der Waals surface area contributed by atoms with Crippen molar-refractivity contribution in [2.75, 3.05) is 0 Å². The Morgan fingerprint density at radius 3 is 2.00 bits per heavy atom. The van der Waals surface area contributed by atoms with Crippen LogP contribution in [-0.4, -0.2) is 10.5 Å². The zero-order valence-corrected chi connectivity index (χ0v) is 8.95. The average molecular weight is 271 g/mol. The van der Waals surface area contributed by atoms with E-state index in [2.05, 4.69) is 0 Å². The second kappa shape index (κ2) is 4.43. The molecular formula is C9H3Cl2F3O2. The quantitative estimate of drug-likeness (QED) is 0.772. The van der Waals surface area contributed by atoms with Gasteiger partial charge in [0.05, 0.1) is 5.56 Å². The van der Waals surface area contributed by atoms with Gasteiger partial charge in [0.2, 0.25) is 0 Å². The predicted molar refractivity (Wildman–Crippen MR) is 51.8 cm³/mol. The van der Waals surface area contributed by atoms with Gasteiger partial charge < -0.3 is 0 Å². The third kappa shape index (κ3) is 2.74. The molecule has 2 nitrogen and oxygen atoms in total. The van der Waals surface area contributed by atoms with Crippen LogP contribution >= 0.6 is 23.2 Å². The zero-order valence-electron chi connectivity index (χ0n) is 7.44. The predicted octanol–water partition coefficient (Wildman–Crippen LogP) is 3.46. The maximum absolute atomic E-state index is 12.5. The van der Waals surface area contributed by atoms with Crippen molar-refractivity contribution < 1.29 is 22.8 Å². The molecular weight excluding hydrogens is 268 g/mol. The highest BCUT2D eigenvalue weighted by atomic mass is 35.5. The van der Waals surface area contributed by atoms with Gasteiger partial charge in [0.15, 0.2) is 0 Å². The van der Waals surface area contributed by atoms with Crippen molar-refractivity contribution in [2.45, 2.75) is 6.18 Å². The molecule has 0 unspecified atom stereocenters. The summed E-state index contributed by atoms with van der Waals surface area (Å²) in [5.41, 5.74) is -2.34. The number of benzene rings is 1. The molecule has 0 aliphatic rings. The topological polar surface area (TPSA) is 34.1 Å². The molecule has 0 aliphatic carbocycles. The summed E-state index contributed by atoms with van der Waals surface area (Å²) in [6, 6.07) is 2.30. The van der Waals surface area contributed by atoms with Crippen molar-refractivity contribution in [1.29, 1.82) is 0 Å². The van der Waals surface area contributed by atoms with Crippen molar-refractivity contribution in [3.05, 3.63) is 34.9 Å². The van der Waals surface area contributed by atoms with Crippen LogP contribution in [0.25, 0.3) is 0 Å². The van der Waals surface area contributed by atoms with Gasteiger partial charge in [0, 0.05) is 11.1 Å². The zero-order chi connectivity index (χ0) is 12.5. The second-order valence-electron chi connectivity index (χ2n) is 2.81. The first-order valence-corrected chi connectivity index (χ1v) is 4.60. The largest absolute Gasteiger partial charge is 0.417 e. The second-order valence-corrected chi connectivity index (χ2v) is 3.49. The van der Waals surface area contributed by atoms with E-state index in [0.29, 0.717) is 6.07 Å². The van der Waals surface area contributed by atoms with Gasteiger partial charge in [-0.15, -0.1) is 0 Å². The minimum atomic E-state index is -4.78. The molecule has 0 saturated carbocycles. The molecule has 0 N–H and O–H groups in total. The molecule has 0 aliphatic heterocycles. The number of rotatable bonds is 2. The van der Waals surface area contributed by atoms with Gasteiger partial charge in [-0.25, -0.2) is 0 Å². The molecule has 1 aromatic carbocycles. The van der Waals surface area contributed by atoms with Crippen LogP contribution in [0, 0.1) is 0 Å². The van der Waals surface area contributed by atoms with Gasteiger partial charge in [-0.05, 0) is 41.4 Å². The molecule has 0 amide bonds. The molecule has 0 saturated heterocycles. The van der Waals surface area contributed by atoms with Gasteiger partial charge in [-0.3, -0.25) is 9.59 Å². The van der Waals surface area contributed by atoms with Crippen LogP contribution < -0.4 is 0 Å². The Labute approximate surface area is 98.0 Å². The molecule has 1 rings (SSSR count). The van der Waals surface area contributed by atoms with E-state index in [-0.39, 0.29) is 5.56 Å². The van der Waals surface area contributed by atoms with E-state index < -0.39 is 27.8 Å². The smallest absolute Gasteiger partial charge is 0.276 e. The van der Waals surface area contributed by atoms with Crippen molar-refractivity contribution >= 4 is 33.7 Å². The Morgan fingerprint density at radius 2 is 1.62 bits per heavy atom. The summed E-state index contributed by atoms with van der Waals surface area (Å²) in [6.45, 7) is 0. The van der Waals surface area contributed by atoms with E-state index in [1.54, 1.807) is 0 Å². The molecule has 1 aromatic rings. The third-order valence-corrected chi connectivity index (χ3v) is 2.19. The number of hydrogen-bond acceptors (Lipinski definition) is 2. The van der Waals surface area contributed by atoms with Gasteiger partial charge >= 0.3 is 6.18 Å². The fraction of sp³-hybridized carbons (Fsp3) is 0.111. The van der Waals surface area contributed by atoms with Gasteiger partial charge in [0.1, 0.15) is 0 Å². The lowest BCUT2D eigenvalue weighted by Gasteiger charge is -2.10. The summed E-state index contributed by atoms with van der Waals surface area (Å²) in [7, 11) is 0. The number of hydrogen-bond donors (Lipinski definition) is 0. The van der Waals surface area contributed by atoms with Gasteiger partial charge in [-0.2, -0.15) is 13.2 Å². The maximum Gasteiger partial charge on any atom is 0.417 e. The Balaban J connectivity index is 3.45. The fourth-order valence-electron chi connectivity index (χ4n) is 1.07. The Kier molecular flexibility index (Phi) is 3.60. The van der Waals surface area contributed by atoms with Gasteiger partial charge in [-0.1, -0.05) is 0 Å². The highest BCUT2D eigenvalue weighted by Crippen LogP contribution is 2.33. The maximum atomic E-state index is 12.5. The molecule has 16 heavy (non-hydrogen) atoms. The number of halogens is 5. The summed E-state index contributed by atoms with van der Waals surface area (Å²) in [4.78, 5) is 21.4. The first kappa shape index (κ1) is 13.0. The number of carbonyl (C=O) groups is 2. The summed E-state index contributed by atoms with van der Waals surface area (Å²) < 4.78 is 37.5. The minimum absolute atomic E-state index is 0.351. The van der Waals surface area contributed by atoms with Crippen molar-refractivity contribution in [3.8, 4) is 0 Å². The summed E-state index contributed by atoms with van der Waals surface area (Å²) in [6.07, 6.45) is -4.78. The van der Waals surface area contributed by atoms with Crippen LogP contribution in [-0.2, 0) is 6.18 Å². The van der Waals surface area contributed by atoms with Crippen LogP contribution in [0.4, 0.5) is 13.2 Å². The van der Waals surface area contributed by atoms with Crippen LogP contribution in [0.3, 0.4) is 0 Å². The molecule has 86 valence electrons. The normalized spacial score (nSPS) is 11.3. The fourth-order valence-corrected chi connectivity index (χ4v) is 1.35. The SMILES string of the molecule is O=C(Cl)c1ccc(C(=O)Cl)c(C(F)(F)F)c1. The lowest BCUT2D eigenvalue weighted by atomic mass is 10.0. The standard InChI is InChI=1S/C9H3Cl2F3O2/c10-7(15)4-1-2-5(8(11)16)6(3-4)9(12,13)14/h1-3H. The van der Waals surface area contributed by atoms with E-state index in [4.69, 9.17) is 23.2 Å². The number of alkyl halides is 3. The van der Waals surface area contributed by atoms with E-state index in [9.17, 15) is 22.8 Å². The van der Waals surface area contributed by atoms with Crippen molar-refractivity contribution in [1.82, 2.24) is 0 Å². The molecule has 7 heteroatoms. The Hall–Kier alpha value is -1.07. The molecule has 0 fully saturated rings. The Morgan fingerprint density at radius 1 is 1.06 bits per heavy atom. The minimum Gasteiger partial charge on any atom is -0.276 e. The number of carbonyl (C=O) groups excluding carboxylic acids is 2. The van der Waals surface area contributed by atoms with Gasteiger partial charge in [0.25, 0.3) is 10.5 Å². The highest BCUT2D eigenvalue weighted by Gasteiger charge is 2.35. The average Bonchev–Trinajstić information content (AvgIpc) is 2.15. The molecule has 0 aromatic heterocycles. The molecule has 0 radical (unpaired) electrons. The van der Waals surface area contributed by atoms with E-state index >= 15 is 0 Å². The van der Waals surface area contributed by atoms with Crippen LogP contribution in [0.15, 0.2) is 18.2 Å². The lowest BCUT2D eigenvalue weighted by molar-refractivity contribution is -0.137. The van der Waals surface area contributed by atoms with E-state index in [1.165, 1.54) is 0 Å². The first-order chi connectivity index (χ1) is 7.23. The molecule has 0 spiro atoms. The molecule has 0 heterocycles. The summed E-state index contributed by atoms with van der Waals surface area (Å²) in [5.74, 6) is 0. The summed E-state index contributed by atoms with van der Waals surface area (Å²) >= 11 is 10.0. The van der Waals surface area contributed by atoms with Crippen molar-refractivity contribution in [3.63, 3.8) is 0 Å². The summed E-state index contributed by atoms with van der Waals surface area (Å²) in [5, 5.41) is -2.29. The third-order valence-electron chi connectivity index (χ3n) is 1.76. The Bertz CT molecular complexity index is 455. The van der Waals surface area contributed by atoms with Crippen LogP contribution in [0.1, 0.15) is 26.3 Å².